The number of amides is 1. The summed E-state index contributed by atoms with van der Waals surface area (Å²) < 4.78 is 12.7. The molecule has 0 spiro atoms. The van der Waals surface area contributed by atoms with Crippen molar-refractivity contribution in [3.63, 3.8) is 0 Å². The molecular formula is C12H15FN2O2. The van der Waals surface area contributed by atoms with Crippen LogP contribution in [0.4, 0.5) is 10.1 Å². The van der Waals surface area contributed by atoms with Crippen molar-refractivity contribution in [3.05, 3.63) is 30.1 Å². The SMILES string of the molecule is O=C(CC1(O)CCNC1)Nc1ccc(F)cc1. The first-order valence-electron chi connectivity index (χ1n) is 5.56. The van der Waals surface area contributed by atoms with E-state index in [-0.39, 0.29) is 18.1 Å². The third-order valence-electron chi connectivity index (χ3n) is 2.84. The van der Waals surface area contributed by atoms with Crippen LogP contribution < -0.4 is 10.6 Å². The van der Waals surface area contributed by atoms with Gasteiger partial charge in [0.25, 0.3) is 0 Å². The van der Waals surface area contributed by atoms with Gasteiger partial charge >= 0.3 is 0 Å². The van der Waals surface area contributed by atoms with Crippen molar-refractivity contribution in [2.75, 3.05) is 18.4 Å². The van der Waals surface area contributed by atoms with Gasteiger partial charge in [0.15, 0.2) is 0 Å². The Hall–Kier alpha value is -1.46. The molecule has 1 aliphatic rings. The second-order valence-electron chi connectivity index (χ2n) is 4.38. The Labute approximate surface area is 98.8 Å². The van der Waals surface area contributed by atoms with Crippen molar-refractivity contribution < 1.29 is 14.3 Å². The lowest BCUT2D eigenvalue weighted by Gasteiger charge is -2.20. The molecule has 1 aromatic carbocycles. The van der Waals surface area contributed by atoms with E-state index in [4.69, 9.17) is 0 Å². The highest BCUT2D eigenvalue weighted by Gasteiger charge is 2.33. The smallest absolute Gasteiger partial charge is 0.227 e. The molecule has 0 saturated carbocycles. The van der Waals surface area contributed by atoms with Gasteiger partial charge in [-0.25, -0.2) is 4.39 Å². The van der Waals surface area contributed by atoms with E-state index in [0.717, 1.165) is 6.54 Å². The van der Waals surface area contributed by atoms with Crippen LogP contribution in [-0.2, 0) is 4.79 Å². The van der Waals surface area contributed by atoms with Gasteiger partial charge in [0.1, 0.15) is 5.82 Å². The van der Waals surface area contributed by atoms with E-state index in [2.05, 4.69) is 10.6 Å². The van der Waals surface area contributed by atoms with Crippen LogP contribution >= 0.6 is 0 Å². The minimum absolute atomic E-state index is 0.0530. The number of carbonyl (C=O) groups excluding carboxylic acids is 1. The molecule has 0 radical (unpaired) electrons. The molecule has 2 rings (SSSR count). The monoisotopic (exact) mass is 238 g/mol. The lowest BCUT2D eigenvalue weighted by atomic mass is 9.98. The van der Waals surface area contributed by atoms with Gasteiger partial charge in [0.05, 0.1) is 12.0 Å². The Kier molecular flexibility index (Phi) is 3.40. The van der Waals surface area contributed by atoms with E-state index in [1.165, 1.54) is 24.3 Å². The quantitative estimate of drug-likeness (QED) is 0.732. The minimum Gasteiger partial charge on any atom is -0.388 e. The standard InChI is InChI=1S/C12H15FN2O2/c13-9-1-3-10(4-2-9)15-11(16)7-12(17)5-6-14-8-12/h1-4,14,17H,5-8H2,(H,15,16). The maximum atomic E-state index is 12.7. The summed E-state index contributed by atoms with van der Waals surface area (Å²) in [7, 11) is 0. The number of aliphatic hydroxyl groups is 1. The van der Waals surface area contributed by atoms with Gasteiger partial charge in [-0.15, -0.1) is 0 Å². The third kappa shape index (κ3) is 3.25. The van der Waals surface area contributed by atoms with E-state index in [0.29, 0.717) is 18.7 Å². The fourth-order valence-electron chi connectivity index (χ4n) is 1.92. The fraction of sp³-hybridized carbons (Fsp3) is 0.417. The average molecular weight is 238 g/mol. The van der Waals surface area contributed by atoms with Gasteiger partial charge in [0, 0.05) is 12.2 Å². The van der Waals surface area contributed by atoms with Gasteiger partial charge in [-0.2, -0.15) is 0 Å². The Bertz CT molecular complexity index is 399. The lowest BCUT2D eigenvalue weighted by Crippen LogP contribution is -2.35. The predicted molar refractivity (Wildman–Crippen MR) is 62.1 cm³/mol. The van der Waals surface area contributed by atoms with E-state index in [1.807, 2.05) is 0 Å². The van der Waals surface area contributed by atoms with Crippen molar-refractivity contribution in [3.8, 4) is 0 Å². The largest absolute Gasteiger partial charge is 0.388 e. The number of halogens is 1. The van der Waals surface area contributed by atoms with Crippen LogP contribution in [0.15, 0.2) is 24.3 Å². The van der Waals surface area contributed by atoms with Crippen LogP contribution in [0.3, 0.4) is 0 Å². The predicted octanol–water partition coefficient (Wildman–Crippen LogP) is 0.879. The topological polar surface area (TPSA) is 61.4 Å². The molecule has 1 atom stereocenters. The van der Waals surface area contributed by atoms with Crippen LogP contribution in [0.5, 0.6) is 0 Å². The van der Waals surface area contributed by atoms with E-state index < -0.39 is 5.60 Å². The second-order valence-corrected chi connectivity index (χ2v) is 4.38. The van der Waals surface area contributed by atoms with Crippen molar-refractivity contribution in [1.82, 2.24) is 5.32 Å². The zero-order chi connectivity index (χ0) is 12.3. The molecule has 1 aromatic rings. The molecule has 0 bridgehead atoms. The fourth-order valence-corrected chi connectivity index (χ4v) is 1.92. The van der Waals surface area contributed by atoms with Gasteiger partial charge in [-0.05, 0) is 37.2 Å². The number of β-amino-alcohol motifs (C(OH)–C–C–N with tert-alkyl or cyclic N) is 1. The third-order valence-corrected chi connectivity index (χ3v) is 2.84. The summed E-state index contributed by atoms with van der Waals surface area (Å²) in [5, 5.41) is 15.6. The first-order valence-corrected chi connectivity index (χ1v) is 5.56. The summed E-state index contributed by atoms with van der Waals surface area (Å²) >= 11 is 0. The molecule has 1 saturated heterocycles. The second kappa shape index (κ2) is 4.81. The number of anilines is 1. The molecule has 1 amide bonds. The molecule has 92 valence electrons. The molecule has 0 aliphatic carbocycles. The summed E-state index contributed by atoms with van der Waals surface area (Å²) in [6, 6.07) is 5.54. The summed E-state index contributed by atoms with van der Waals surface area (Å²) in [4.78, 5) is 11.7. The van der Waals surface area contributed by atoms with Crippen LogP contribution in [0.2, 0.25) is 0 Å². The van der Waals surface area contributed by atoms with Crippen molar-refractivity contribution in [2.24, 2.45) is 0 Å². The van der Waals surface area contributed by atoms with E-state index in [9.17, 15) is 14.3 Å². The molecule has 1 heterocycles. The highest BCUT2D eigenvalue weighted by atomic mass is 19.1. The average Bonchev–Trinajstić information content (AvgIpc) is 2.68. The number of hydrogen-bond acceptors (Lipinski definition) is 3. The Morgan fingerprint density at radius 1 is 1.47 bits per heavy atom. The molecule has 1 aliphatic heterocycles. The molecule has 17 heavy (non-hydrogen) atoms. The number of nitrogens with one attached hydrogen (secondary N) is 2. The molecule has 0 aromatic heterocycles. The highest BCUT2D eigenvalue weighted by molar-refractivity contribution is 5.91. The first-order chi connectivity index (χ1) is 8.07. The molecule has 1 unspecified atom stereocenters. The van der Waals surface area contributed by atoms with Gasteiger partial charge in [0.2, 0.25) is 5.91 Å². The summed E-state index contributed by atoms with van der Waals surface area (Å²) in [5.74, 6) is -0.607. The minimum atomic E-state index is -0.954. The van der Waals surface area contributed by atoms with Crippen LogP contribution in [0.1, 0.15) is 12.8 Å². The van der Waals surface area contributed by atoms with Crippen LogP contribution in [0.25, 0.3) is 0 Å². The van der Waals surface area contributed by atoms with Crippen LogP contribution in [0, 0.1) is 5.82 Å². The maximum absolute atomic E-state index is 12.7. The van der Waals surface area contributed by atoms with Crippen molar-refractivity contribution in [1.29, 1.82) is 0 Å². The summed E-state index contributed by atoms with van der Waals surface area (Å²) in [6.45, 7) is 1.16. The zero-order valence-electron chi connectivity index (χ0n) is 9.37. The summed E-state index contributed by atoms with van der Waals surface area (Å²) in [6.07, 6.45) is 0.626. The Morgan fingerprint density at radius 2 is 2.18 bits per heavy atom. The van der Waals surface area contributed by atoms with Gasteiger partial charge in [-0.3, -0.25) is 4.79 Å². The molecular weight excluding hydrogens is 223 g/mol. The number of rotatable bonds is 3. The van der Waals surface area contributed by atoms with Gasteiger partial charge < -0.3 is 15.7 Å². The van der Waals surface area contributed by atoms with E-state index in [1.54, 1.807) is 0 Å². The number of carbonyl (C=O) groups is 1. The zero-order valence-corrected chi connectivity index (χ0v) is 9.37. The Morgan fingerprint density at radius 3 is 2.76 bits per heavy atom. The first kappa shape index (κ1) is 12.0. The number of hydrogen-bond donors (Lipinski definition) is 3. The molecule has 1 fully saturated rings. The van der Waals surface area contributed by atoms with Crippen LogP contribution in [-0.4, -0.2) is 29.7 Å². The number of benzene rings is 1. The van der Waals surface area contributed by atoms with Crippen molar-refractivity contribution in [2.45, 2.75) is 18.4 Å². The maximum Gasteiger partial charge on any atom is 0.227 e. The lowest BCUT2D eigenvalue weighted by molar-refractivity contribution is -0.120. The molecule has 5 heteroatoms. The van der Waals surface area contributed by atoms with E-state index >= 15 is 0 Å². The molecule has 3 N–H and O–H groups in total. The van der Waals surface area contributed by atoms with Crippen molar-refractivity contribution >= 4 is 11.6 Å². The molecule has 4 nitrogen and oxygen atoms in total. The Balaban J connectivity index is 1.91. The van der Waals surface area contributed by atoms with Gasteiger partial charge in [-0.1, -0.05) is 0 Å². The normalized spacial score (nSPS) is 23.6. The highest BCUT2D eigenvalue weighted by Crippen LogP contribution is 2.19. The summed E-state index contributed by atoms with van der Waals surface area (Å²) in [5.41, 5.74) is -0.421.